The molecule has 0 saturated heterocycles. The molecule has 2 rings (SSSR count). The first-order valence-electron chi connectivity index (χ1n) is 7.01. The molecule has 1 fully saturated rings. The molecule has 2 atom stereocenters. The van der Waals surface area contributed by atoms with E-state index in [0.717, 1.165) is 25.7 Å². The highest BCUT2D eigenvalue weighted by Gasteiger charge is 2.24. The van der Waals surface area contributed by atoms with Crippen molar-refractivity contribution < 1.29 is 23.1 Å². The molecule has 21 heavy (non-hydrogen) atoms. The predicted molar refractivity (Wildman–Crippen MR) is 76.3 cm³/mol. The van der Waals surface area contributed by atoms with Crippen molar-refractivity contribution in [3.63, 3.8) is 0 Å². The molecule has 0 aliphatic heterocycles. The Labute approximate surface area is 126 Å². The summed E-state index contributed by atoms with van der Waals surface area (Å²) in [5.41, 5.74) is 0. The van der Waals surface area contributed by atoms with Gasteiger partial charge in [0.25, 0.3) is 11.7 Å². The monoisotopic (exact) mass is 319 g/mol. The average molecular weight is 319 g/mol. The number of furan rings is 1. The zero-order chi connectivity index (χ0) is 15.2. The van der Waals surface area contributed by atoms with Gasteiger partial charge in [0, 0.05) is 12.5 Å². The molecule has 4 nitrogen and oxygen atoms in total. The van der Waals surface area contributed by atoms with E-state index in [2.05, 4.69) is 5.32 Å². The molecule has 0 bridgehead atoms. The molecule has 1 amide bonds. The van der Waals surface area contributed by atoms with E-state index in [4.69, 9.17) is 4.42 Å². The van der Waals surface area contributed by atoms with Gasteiger partial charge in [0.2, 0.25) is 0 Å². The van der Waals surface area contributed by atoms with Crippen LogP contribution in [0.2, 0.25) is 0 Å². The van der Waals surface area contributed by atoms with E-state index in [1.165, 1.54) is 12.1 Å². The first-order chi connectivity index (χ1) is 10.1. The Balaban J connectivity index is 1.80. The number of rotatable bonds is 6. The molecule has 0 radical (unpaired) electrons. The number of nitrogens with one attached hydrogen (secondary N) is 1. The van der Waals surface area contributed by atoms with Crippen molar-refractivity contribution in [1.82, 2.24) is 5.32 Å². The van der Waals surface area contributed by atoms with E-state index in [1.807, 2.05) is 0 Å². The molecule has 2 unspecified atom stereocenters. The molecule has 1 aliphatic carbocycles. The van der Waals surface area contributed by atoms with E-state index in [9.17, 15) is 18.7 Å². The number of aliphatic hydroxyl groups is 1. The van der Waals surface area contributed by atoms with Gasteiger partial charge in [-0.1, -0.05) is 24.6 Å². The van der Waals surface area contributed by atoms with Gasteiger partial charge in [0.05, 0.1) is 11.9 Å². The summed E-state index contributed by atoms with van der Waals surface area (Å²) < 4.78 is 29.4. The molecule has 118 valence electrons. The fourth-order valence-corrected chi connectivity index (χ4v) is 2.91. The largest absolute Gasteiger partial charge is 0.455 e. The lowest BCUT2D eigenvalue weighted by Gasteiger charge is -2.27. The number of carbonyl (C=O) groups excluding carboxylic acids is 1. The third kappa shape index (κ3) is 5.00. The maximum absolute atomic E-state index is 12.1. The highest BCUT2D eigenvalue weighted by molar-refractivity contribution is 7.98. The quantitative estimate of drug-likeness (QED) is 0.846. The van der Waals surface area contributed by atoms with Crippen molar-refractivity contribution in [2.45, 2.75) is 43.3 Å². The van der Waals surface area contributed by atoms with Crippen molar-refractivity contribution in [3.05, 3.63) is 23.7 Å². The topological polar surface area (TPSA) is 62.5 Å². The Bertz CT molecular complexity index is 467. The summed E-state index contributed by atoms with van der Waals surface area (Å²) in [5.74, 6) is -2.26. The predicted octanol–water partition coefficient (Wildman–Crippen LogP) is 3.02. The summed E-state index contributed by atoms with van der Waals surface area (Å²) in [5, 5.41) is 12.6. The van der Waals surface area contributed by atoms with Crippen LogP contribution in [-0.4, -0.2) is 29.4 Å². The average Bonchev–Trinajstić information content (AvgIpc) is 2.93. The number of hydrogen-bond acceptors (Lipinski definition) is 4. The highest BCUT2D eigenvalue weighted by atomic mass is 32.2. The van der Waals surface area contributed by atoms with Crippen LogP contribution < -0.4 is 5.32 Å². The third-order valence-electron chi connectivity index (χ3n) is 3.63. The van der Waals surface area contributed by atoms with E-state index in [0.29, 0.717) is 24.1 Å². The molecule has 0 aromatic carbocycles. The minimum Gasteiger partial charge on any atom is -0.455 e. The van der Waals surface area contributed by atoms with Gasteiger partial charge in [0.1, 0.15) is 5.76 Å². The molecule has 1 heterocycles. The second kappa shape index (κ2) is 7.79. The van der Waals surface area contributed by atoms with Crippen LogP contribution in [0.25, 0.3) is 0 Å². The third-order valence-corrected chi connectivity index (χ3v) is 4.33. The molecular formula is C14H19F2NO3S. The fourth-order valence-electron chi connectivity index (χ4n) is 2.46. The number of carbonyl (C=O) groups is 1. The smallest absolute Gasteiger partial charge is 0.287 e. The van der Waals surface area contributed by atoms with Crippen LogP contribution in [0.5, 0.6) is 0 Å². The van der Waals surface area contributed by atoms with Crippen LogP contribution in [0, 0.1) is 5.92 Å². The maximum Gasteiger partial charge on any atom is 0.287 e. The van der Waals surface area contributed by atoms with Gasteiger partial charge in [-0.25, -0.2) is 0 Å². The summed E-state index contributed by atoms with van der Waals surface area (Å²) in [7, 11) is 0. The molecule has 7 heteroatoms. The number of hydrogen-bond donors (Lipinski definition) is 2. The maximum atomic E-state index is 12.1. The second-order valence-corrected chi connectivity index (χ2v) is 6.14. The Hall–Kier alpha value is -1.08. The number of aliphatic hydroxyl groups excluding tert-OH is 1. The van der Waals surface area contributed by atoms with Crippen molar-refractivity contribution in [2.75, 3.05) is 6.54 Å². The first-order valence-corrected chi connectivity index (χ1v) is 8.06. The number of halogens is 2. The van der Waals surface area contributed by atoms with Gasteiger partial charge < -0.3 is 14.8 Å². The zero-order valence-electron chi connectivity index (χ0n) is 11.6. The molecular weight excluding hydrogens is 300 g/mol. The van der Waals surface area contributed by atoms with Gasteiger partial charge in [-0.15, -0.1) is 0 Å². The van der Waals surface area contributed by atoms with Crippen molar-refractivity contribution in [2.24, 2.45) is 5.92 Å². The van der Waals surface area contributed by atoms with Crippen LogP contribution in [0.4, 0.5) is 8.78 Å². The lowest BCUT2D eigenvalue weighted by Crippen LogP contribution is -2.36. The number of amides is 1. The standard InChI is InChI=1S/C14H19F2NO3S/c15-14(16)21-8-10-5-6-12(20-10)13(19)17-7-9-3-1-2-4-11(9)18/h5-6,9,11,14,18H,1-4,7-8H2,(H,17,19). The Morgan fingerprint density at radius 1 is 1.43 bits per heavy atom. The Morgan fingerprint density at radius 3 is 2.90 bits per heavy atom. The summed E-state index contributed by atoms with van der Waals surface area (Å²) in [4.78, 5) is 11.9. The molecule has 1 aromatic rings. The SMILES string of the molecule is O=C(NCC1CCCCC1O)c1ccc(CSC(F)F)o1. The van der Waals surface area contributed by atoms with Gasteiger partial charge in [-0.3, -0.25) is 4.79 Å². The summed E-state index contributed by atoms with van der Waals surface area (Å²) in [6.45, 7) is 0.405. The van der Waals surface area contributed by atoms with E-state index in [1.54, 1.807) is 0 Å². The van der Waals surface area contributed by atoms with Crippen molar-refractivity contribution >= 4 is 17.7 Å². The molecule has 2 N–H and O–H groups in total. The number of alkyl halides is 2. The minimum absolute atomic E-state index is 0.0340. The van der Waals surface area contributed by atoms with Crippen LogP contribution in [-0.2, 0) is 5.75 Å². The first kappa shape index (κ1) is 16.3. The van der Waals surface area contributed by atoms with E-state index >= 15 is 0 Å². The molecule has 0 spiro atoms. The number of thioether (sulfide) groups is 1. The highest BCUT2D eigenvalue weighted by Crippen LogP contribution is 2.24. The minimum atomic E-state index is -2.46. The van der Waals surface area contributed by atoms with Crippen molar-refractivity contribution in [1.29, 1.82) is 0 Å². The summed E-state index contributed by atoms with van der Waals surface area (Å²) in [6.07, 6.45) is 3.39. The van der Waals surface area contributed by atoms with E-state index in [-0.39, 0.29) is 29.4 Å². The Morgan fingerprint density at radius 2 is 2.19 bits per heavy atom. The Kier molecular flexibility index (Phi) is 6.05. The zero-order valence-corrected chi connectivity index (χ0v) is 12.4. The lowest BCUT2D eigenvalue weighted by molar-refractivity contribution is 0.0655. The van der Waals surface area contributed by atoms with Crippen LogP contribution in [0.1, 0.15) is 42.0 Å². The molecule has 1 aliphatic rings. The van der Waals surface area contributed by atoms with Crippen LogP contribution in [0.3, 0.4) is 0 Å². The summed E-state index contributed by atoms with van der Waals surface area (Å²) in [6, 6.07) is 3.01. The second-order valence-electron chi connectivity index (χ2n) is 5.16. The van der Waals surface area contributed by atoms with Crippen LogP contribution >= 0.6 is 11.8 Å². The van der Waals surface area contributed by atoms with Gasteiger partial charge >= 0.3 is 0 Å². The van der Waals surface area contributed by atoms with Crippen molar-refractivity contribution in [3.8, 4) is 0 Å². The van der Waals surface area contributed by atoms with E-state index < -0.39 is 5.76 Å². The van der Waals surface area contributed by atoms with Gasteiger partial charge in [-0.05, 0) is 25.0 Å². The van der Waals surface area contributed by atoms with Crippen LogP contribution in [0.15, 0.2) is 16.5 Å². The van der Waals surface area contributed by atoms with Gasteiger partial charge in [-0.2, -0.15) is 8.78 Å². The molecule has 1 aromatic heterocycles. The molecule has 1 saturated carbocycles. The summed E-state index contributed by atoms with van der Waals surface area (Å²) >= 11 is 0.454. The van der Waals surface area contributed by atoms with Gasteiger partial charge in [0.15, 0.2) is 5.76 Å². The fraction of sp³-hybridized carbons (Fsp3) is 0.643. The normalized spacial score (nSPS) is 22.5. The lowest BCUT2D eigenvalue weighted by atomic mass is 9.86.